The van der Waals surface area contributed by atoms with Gasteiger partial charge in [-0.2, -0.15) is 0 Å². The van der Waals surface area contributed by atoms with E-state index in [0.717, 1.165) is 6.92 Å². The van der Waals surface area contributed by atoms with Crippen LogP contribution in [0.15, 0.2) is 29.1 Å². The number of hydrogen-bond acceptors (Lipinski definition) is 1. The molecule has 0 aromatic carbocycles. The zero-order valence-corrected chi connectivity index (χ0v) is 8.92. The standard InChI is InChI=1S/C9H7BrF2N2/c1-9(11,12)6-2-3-8-13-4-7(10)14(8)5-6/h2-5H,1H3. The maximum Gasteiger partial charge on any atom is 0.271 e. The minimum atomic E-state index is -2.82. The highest BCUT2D eigenvalue weighted by molar-refractivity contribution is 9.10. The first-order chi connectivity index (χ1) is 6.48. The largest absolute Gasteiger partial charge is 0.294 e. The predicted molar refractivity (Wildman–Crippen MR) is 52.5 cm³/mol. The minimum absolute atomic E-state index is 0.0244. The summed E-state index contributed by atoms with van der Waals surface area (Å²) in [4.78, 5) is 4.01. The molecule has 0 N–H and O–H groups in total. The SMILES string of the molecule is CC(F)(F)c1ccc2ncc(Br)n2c1. The zero-order valence-electron chi connectivity index (χ0n) is 7.34. The molecule has 0 aliphatic rings. The molecule has 0 unspecified atom stereocenters. The summed E-state index contributed by atoms with van der Waals surface area (Å²) in [6.45, 7) is 0.874. The molecule has 0 aliphatic heterocycles. The van der Waals surface area contributed by atoms with Crippen LogP contribution < -0.4 is 0 Å². The van der Waals surface area contributed by atoms with Crippen molar-refractivity contribution in [3.63, 3.8) is 0 Å². The van der Waals surface area contributed by atoms with E-state index in [4.69, 9.17) is 0 Å². The maximum atomic E-state index is 13.0. The summed E-state index contributed by atoms with van der Waals surface area (Å²) in [5, 5.41) is 0. The molecule has 0 radical (unpaired) electrons. The van der Waals surface area contributed by atoms with Crippen molar-refractivity contribution >= 4 is 21.6 Å². The van der Waals surface area contributed by atoms with E-state index >= 15 is 0 Å². The second kappa shape index (κ2) is 3.02. The lowest BCUT2D eigenvalue weighted by Gasteiger charge is -2.10. The number of hydrogen-bond donors (Lipinski definition) is 0. The van der Waals surface area contributed by atoms with Crippen LogP contribution in [0.4, 0.5) is 8.78 Å². The van der Waals surface area contributed by atoms with Crippen LogP contribution in [-0.2, 0) is 5.92 Å². The van der Waals surface area contributed by atoms with Crippen LogP contribution in [0.2, 0.25) is 0 Å². The lowest BCUT2D eigenvalue weighted by molar-refractivity contribution is 0.0170. The van der Waals surface area contributed by atoms with Gasteiger partial charge < -0.3 is 0 Å². The molecule has 0 amide bonds. The Morgan fingerprint density at radius 2 is 2.14 bits per heavy atom. The highest BCUT2D eigenvalue weighted by Gasteiger charge is 2.24. The van der Waals surface area contributed by atoms with Gasteiger partial charge in [-0.15, -0.1) is 0 Å². The Labute approximate surface area is 87.7 Å². The third-order valence-electron chi connectivity index (χ3n) is 1.97. The van der Waals surface area contributed by atoms with Gasteiger partial charge in [0.25, 0.3) is 5.92 Å². The number of fused-ring (bicyclic) bond motifs is 1. The summed E-state index contributed by atoms with van der Waals surface area (Å²) in [7, 11) is 0. The zero-order chi connectivity index (χ0) is 10.3. The summed E-state index contributed by atoms with van der Waals surface area (Å²) in [6, 6.07) is 2.95. The van der Waals surface area contributed by atoms with Gasteiger partial charge in [0, 0.05) is 18.7 Å². The fourth-order valence-electron chi connectivity index (χ4n) is 1.21. The molecule has 2 nitrogen and oxygen atoms in total. The van der Waals surface area contributed by atoms with E-state index in [1.54, 1.807) is 16.7 Å². The topological polar surface area (TPSA) is 17.3 Å². The molecular formula is C9H7BrF2N2. The molecule has 0 fully saturated rings. The molecule has 0 aliphatic carbocycles. The van der Waals surface area contributed by atoms with Gasteiger partial charge in [0.2, 0.25) is 0 Å². The summed E-state index contributed by atoms with van der Waals surface area (Å²) < 4.78 is 28.2. The van der Waals surface area contributed by atoms with Crippen LogP contribution in [-0.4, -0.2) is 9.38 Å². The lowest BCUT2D eigenvalue weighted by atomic mass is 10.2. The van der Waals surface area contributed by atoms with Gasteiger partial charge in [0.05, 0.1) is 6.20 Å². The predicted octanol–water partition coefficient (Wildman–Crippen LogP) is 3.21. The normalized spacial score (nSPS) is 12.3. The number of alkyl halides is 2. The molecule has 0 spiro atoms. The molecule has 2 rings (SSSR count). The van der Waals surface area contributed by atoms with Gasteiger partial charge in [-0.05, 0) is 28.1 Å². The molecule has 2 aromatic heterocycles. The van der Waals surface area contributed by atoms with Crippen LogP contribution >= 0.6 is 15.9 Å². The summed E-state index contributed by atoms with van der Waals surface area (Å²) in [5.74, 6) is -2.82. The number of halogens is 3. The number of imidazole rings is 1. The Balaban J connectivity index is 2.66. The Bertz CT molecular complexity index is 473. The van der Waals surface area contributed by atoms with Crippen LogP contribution in [0.25, 0.3) is 5.65 Å². The third-order valence-corrected chi connectivity index (χ3v) is 2.55. The smallest absolute Gasteiger partial charge is 0.271 e. The van der Waals surface area contributed by atoms with Gasteiger partial charge in [-0.3, -0.25) is 4.40 Å². The van der Waals surface area contributed by atoms with Crippen molar-refractivity contribution in [1.82, 2.24) is 9.38 Å². The van der Waals surface area contributed by atoms with Crippen LogP contribution in [0, 0.1) is 0 Å². The second-order valence-corrected chi connectivity index (χ2v) is 3.93. The van der Waals surface area contributed by atoms with Crippen LogP contribution in [0.5, 0.6) is 0 Å². The highest BCUT2D eigenvalue weighted by Crippen LogP contribution is 2.27. The number of pyridine rings is 1. The average Bonchev–Trinajstić information content (AvgIpc) is 2.46. The molecule has 0 bridgehead atoms. The molecule has 5 heteroatoms. The van der Waals surface area contributed by atoms with E-state index in [0.29, 0.717) is 10.3 Å². The fourth-order valence-corrected chi connectivity index (χ4v) is 1.60. The van der Waals surface area contributed by atoms with E-state index < -0.39 is 5.92 Å². The monoisotopic (exact) mass is 260 g/mol. The first kappa shape index (κ1) is 9.58. The maximum absolute atomic E-state index is 13.0. The summed E-state index contributed by atoms with van der Waals surface area (Å²) in [6.07, 6.45) is 2.96. The van der Waals surface area contributed by atoms with E-state index in [-0.39, 0.29) is 5.56 Å². The minimum Gasteiger partial charge on any atom is -0.294 e. The quantitative estimate of drug-likeness (QED) is 0.770. The van der Waals surface area contributed by atoms with Crippen molar-refractivity contribution in [3.05, 3.63) is 34.7 Å². The van der Waals surface area contributed by atoms with Crippen molar-refractivity contribution in [2.75, 3.05) is 0 Å². The van der Waals surface area contributed by atoms with Crippen molar-refractivity contribution < 1.29 is 8.78 Å². The fraction of sp³-hybridized carbons (Fsp3) is 0.222. The Morgan fingerprint density at radius 3 is 2.79 bits per heavy atom. The van der Waals surface area contributed by atoms with Crippen molar-refractivity contribution in [2.45, 2.75) is 12.8 Å². The van der Waals surface area contributed by atoms with E-state index in [9.17, 15) is 8.78 Å². The van der Waals surface area contributed by atoms with Crippen molar-refractivity contribution in [3.8, 4) is 0 Å². The number of aromatic nitrogens is 2. The first-order valence-corrected chi connectivity index (χ1v) is 4.79. The molecule has 2 aromatic rings. The third kappa shape index (κ3) is 1.52. The molecule has 0 atom stereocenters. The lowest BCUT2D eigenvalue weighted by Crippen LogP contribution is -2.07. The average molecular weight is 261 g/mol. The molecule has 0 saturated carbocycles. The van der Waals surface area contributed by atoms with Crippen LogP contribution in [0.3, 0.4) is 0 Å². The van der Waals surface area contributed by atoms with E-state index in [1.807, 2.05) is 0 Å². The van der Waals surface area contributed by atoms with Crippen molar-refractivity contribution in [1.29, 1.82) is 0 Å². The summed E-state index contributed by atoms with van der Waals surface area (Å²) in [5.41, 5.74) is 0.619. The Hall–Kier alpha value is -0.970. The van der Waals surface area contributed by atoms with E-state index in [2.05, 4.69) is 20.9 Å². The molecule has 74 valence electrons. The number of nitrogens with zero attached hydrogens (tertiary/aromatic N) is 2. The Kier molecular flexibility index (Phi) is 2.06. The molecular weight excluding hydrogens is 254 g/mol. The van der Waals surface area contributed by atoms with Gasteiger partial charge in [0.1, 0.15) is 10.3 Å². The molecule has 2 heterocycles. The van der Waals surface area contributed by atoms with Gasteiger partial charge in [-0.1, -0.05) is 0 Å². The second-order valence-electron chi connectivity index (χ2n) is 3.12. The summed E-state index contributed by atoms with van der Waals surface area (Å²) >= 11 is 3.22. The van der Waals surface area contributed by atoms with Gasteiger partial charge in [-0.25, -0.2) is 13.8 Å². The number of rotatable bonds is 1. The first-order valence-electron chi connectivity index (χ1n) is 3.99. The highest BCUT2D eigenvalue weighted by atomic mass is 79.9. The van der Waals surface area contributed by atoms with Gasteiger partial charge >= 0.3 is 0 Å². The molecule has 0 saturated heterocycles. The van der Waals surface area contributed by atoms with E-state index in [1.165, 1.54) is 12.3 Å². The molecule has 14 heavy (non-hydrogen) atoms. The van der Waals surface area contributed by atoms with Crippen molar-refractivity contribution in [2.24, 2.45) is 0 Å². The Morgan fingerprint density at radius 1 is 1.43 bits per heavy atom. The van der Waals surface area contributed by atoms with Crippen LogP contribution in [0.1, 0.15) is 12.5 Å². The van der Waals surface area contributed by atoms with Gasteiger partial charge in [0.15, 0.2) is 0 Å².